The summed E-state index contributed by atoms with van der Waals surface area (Å²) in [5.41, 5.74) is 0.132. The molecule has 0 fully saturated rings. The first-order chi connectivity index (χ1) is 11.0. The van der Waals surface area contributed by atoms with E-state index in [1.807, 2.05) is 0 Å². The third kappa shape index (κ3) is 4.68. The van der Waals surface area contributed by atoms with Gasteiger partial charge in [-0.1, -0.05) is 41.9 Å². The smallest absolute Gasteiger partial charge is 0.260 e. The molecule has 2 rings (SSSR count). The average molecular weight is 338 g/mol. The zero-order valence-corrected chi connectivity index (χ0v) is 13.3. The van der Waals surface area contributed by atoms with Gasteiger partial charge in [-0.05, 0) is 25.1 Å². The molecule has 0 aliphatic rings. The zero-order valence-electron chi connectivity index (χ0n) is 12.5. The van der Waals surface area contributed by atoms with Crippen molar-refractivity contribution in [3.8, 4) is 5.75 Å². The fourth-order valence-electron chi connectivity index (χ4n) is 1.98. The van der Waals surface area contributed by atoms with Crippen molar-refractivity contribution in [3.05, 3.63) is 64.9 Å². The fraction of sp³-hybridized carbons (Fsp3) is 0.235. The second-order valence-corrected chi connectivity index (χ2v) is 5.38. The third-order valence-electron chi connectivity index (χ3n) is 3.24. The quantitative estimate of drug-likeness (QED) is 0.851. The predicted molar refractivity (Wildman–Crippen MR) is 85.9 cm³/mol. The van der Waals surface area contributed by atoms with Crippen molar-refractivity contribution in [2.45, 2.75) is 19.1 Å². The maximum absolute atomic E-state index is 13.5. The lowest BCUT2D eigenvalue weighted by Crippen LogP contribution is -2.38. The number of nitrogens with one attached hydrogen (secondary N) is 1. The molecule has 1 amide bonds. The minimum atomic E-state index is -1.13. The molecule has 0 radical (unpaired) electrons. The van der Waals surface area contributed by atoms with Crippen LogP contribution in [0.5, 0.6) is 5.75 Å². The fourth-order valence-corrected chi connectivity index (χ4v) is 2.16. The second kappa shape index (κ2) is 7.94. The van der Waals surface area contributed by atoms with Crippen molar-refractivity contribution in [3.63, 3.8) is 0 Å². The summed E-state index contributed by atoms with van der Waals surface area (Å²) in [7, 11) is 0. The van der Waals surface area contributed by atoms with Crippen LogP contribution in [0.15, 0.2) is 48.5 Å². The number of hydrogen-bond donors (Lipinski definition) is 2. The first kappa shape index (κ1) is 17.2. The number of benzene rings is 2. The van der Waals surface area contributed by atoms with Crippen LogP contribution in [-0.2, 0) is 4.79 Å². The molecule has 0 heterocycles. The van der Waals surface area contributed by atoms with Crippen molar-refractivity contribution in [1.29, 1.82) is 0 Å². The Morgan fingerprint density at radius 2 is 1.91 bits per heavy atom. The third-order valence-corrected chi connectivity index (χ3v) is 3.56. The first-order valence-electron chi connectivity index (χ1n) is 7.10. The van der Waals surface area contributed by atoms with Crippen molar-refractivity contribution in [1.82, 2.24) is 5.32 Å². The summed E-state index contributed by atoms with van der Waals surface area (Å²) in [6.45, 7) is 1.45. The van der Waals surface area contributed by atoms with Gasteiger partial charge in [-0.2, -0.15) is 0 Å². The Morgan fingerprint density at radius 3 is 2.61 bits per heavy atom. The molecular weight excluding hydrogens is 321 g/mol. The summed E-state index contributed by atoms with van der Waals surface area (Å²) in [5.74, 6) is -0.554. The van der Waals surface area contributed by atoms with E-state index in [4.69, 9.17) is 16.3 Å². The minimum absolute atomic E-state index is 0.115. The molecule has 23 heavy (non-hydrogen) atoms. The van der Waals surface area contributed by atoms with E-state index < -0.39 is 23.9 Å². The predicted octanol–water partition coefficient (Wildman–Crippen LogP) is 3.10. The Morgan fingerprint density at radius 1 is 1.26 bits per heavy atom. The molecule has 0 aromatic heterocycles. The van der Waals surface area contributed by atoms with Gasteiger partial charge in [0.15, 0.2) is 6.10 Å². The van der Waals surface area contributed by atoms with E-state index in [-0.39, 0.29) is 12.1 Å². The molecular formula is C17H17ClFNO3. The van der Waals surface area contributed by atoms with Crippen molar-refractivity contribution in [2.75, 3.05) is 6.54 Å². The molecule has 2 unspecified atom stereocenters. The number of ether oxygens (including phenoxy) is 1. The second-order valence-electron chi connectivity index (χ2n) is 4.97. The van der Waals surface area contributed by atoms with Crippen LogP contribution in [0.3, 0.4) is 0 Å². The molecule has 0 bridgehead atoms. The molecule has 0 saturated carbocycles. The number of halogens is 2. The molecule has 2 aromatic carbocycles. The number of aliphatic hydroxyl groups excluding tert-OH is 1. The van der Waals surface area contributed by atoms with Crippen LogP contribution in [0.1, 0.15) is 18.6 Å². The molecule has 0 saturated heterocycles. The molecule has 2 atom stereocenters. The van der Waals surface area contributed by atoms with Gasteiger partial charge < -0.3 is 15.2 Å². The van der Waals surface area contributed by atoms with Crippen LogP contribution in [0.4, 0.5) is 4.39 Å². The number of carbonyl (C=O) groups is 1. The average Bonchev–Trinajstić information content (AvgIpc) is 2.54. The maximum Gasteiger partial charge on any atom is 0.260 e. The number of para-hydroxylation sites is 1. The number of carbonyl (C=O) groups excluding carboxylic acids is 1. The Balaban J connectivity index is 1.89. The number of rotatable bonds is 6. The van der Waals surface area contributed by atoms with Gasteiger partial charge in [0, 0.05) is 12.1 Å². The van der Waals surface area contributed by atoms with Crippen LogP contribution in [0.2, 0.25) is 5.02 Å². The highest BCUT2D eigenvalue weighted by molar-refractivity contribution is 6.32. The largest absolute Gasteiger partial charge is 0.479 e. The highest BCUT2D eigenvalue weighted by Gasteiger charge is 2.18. The molecule has 122 valence electrons. The van der Waals surface area contributed by atoms with Crippen LogP contribution < -0.4 is 10.1 Å². The lowest BCUT2D eigenvalue weighted by atomic mass is 10.1. The number of aliphatic hydroxyl groups is 1. The van der Waals surface area contributed by atoms with Crippen LogP contribution >= 0.6 is 11.6 Å². The molecule has 0 aliphatic carbocycles. The molecule has 2 N–H and O–H groups in total. The Bertz CT molecular complexity index is 680. The van der Waals surface area contributed by atoms with Gasteiger partial charge in [0.1, 0.15) is 11.6 Å². The van der Waals surface area contributed by atoms with Gasteiger partial charge in [-0.25, -0.2) is 4.39 Å². The van der Waals surface area contributed by atoms with Gasteiger partial charge >= 0.3 is 0 Å². The van der Waals surface area contributed by atoms with Crippen molar-refractivity contribution < 1.29 is 19.0 Å². The zero-order chi connectivity index (χ0) is 16.8. The van der Waals surface area contributed by atoms with E-state index in [9.17, 15) is 14.3 Å². The molecule has 0 aliphatic heterocycles. The van der Waals surface area contributed by atoms with E-state index in [1.54, 1.807) is 37.3 Å². The van der Waals surface area contributed by atoms with Gasteiger partial charge in [-0.3, -0.25) is 4.79 Å². The normalized spacial score (nSPS) is 13.2. The van der Waals surface area contributed by atoms with Gasteiger partial charge in [-0.15, -0.1) is 0 Å². The summed E-state index contributed by atoms with van der Waals surface area (Å²) in [4.78, 5) is 12.0. The summed E-state index contributed by atoms with van der Waals surface area (Å²) in [5, 5.41) is 12.9. The molecule has 2 aromatic rings. The van der Waals surface area contributed by atoms with Gasteiger partial charge in [0.2, 0.25) is 0 Å². The van der Waals surface area contributed by atoms with E-state index >= 15 is 0 Å². The van der Waals surface area contributed by atoms with Gasteiger partial charge in [0.05, 0.1) is 11.1 Å². The first-order valence-corrected chi connectivity index (χ1v) is 7.48. The standard InChI is InChI=1S/C17H17ClFNO3/c1-11(23-16-9-5-3-7-13(16)18)17(22)20-10-15(21)12-6-2-4-8-14(12)19/h2-9,11,15,21H,10H2,1H3,(H,20,22). The molecule has 6 heteroatoms. The topological polar surface area (TPSA) is 58.6 Å². The summed E-state index contributed by atoms with van der Waals surface area (Å²) >= 11 is 5.96. The lowest BCUT2D eigenvalue weighted by molar-refractivity contribution is -0.127. The SMILES string of the molecule is CC(Oc1ccccc1Cl)C(=O)NCC(O)c1ccccc1F. The van der Waals surface area contributed by atoms with Crippen LogP contribution in [0, 0.1) is 5.82 Å². The lowest BCUT2D eigenvalue weighted by Gasteiger charge is -2.17. The van der Waals surface area contributed by atoms with Gasteiger partial charge in [0.25, 0.3) is 5.91 Å². The Labute approximate surface area is 138 Å². The van der Waals surface area contributed by atoms with E-state index in [0.29, 0.717) is 10.8 Å². The molecule has 4 nitrogen and oxygen atoms in total. The van der Waals surface area contributed by atoms with Crippen molar-refractivity contribution >= 4 is 17.5 Å². The summed E-state index contributed by atoms with van der Waals surface area (Å²) in [6, 6.07) is 12.7. The number of amides is 1. The Hall–Kier alpha value is -2.11. The molecule has 0 spiro atoms. The van der Waals surface area contributed by atoms with E-state index in [0.717, 1.165) is 0 Å². The monoisotopic (exact) mass is 337 g/mol. The van der Waals surface area contributed by atoms with E-state index in [1.165, 1.54) is 18.2 Å². The number of hydrogen-bond acceptors (Lipinski definition) is 3. The Kier molecular flexibility index (Phi) is 5.96. The van der Waals surface area contributed by atoms with E-state index in [2.05, 4.69) is 5.32 Å². The minimum Gasteiger partial charge on any atom is -0.479 e. The highest BCUT2D eigenvalue weighted by Crippen LogP contribution is 2.24. The summed E-state index contributed by atoms with van der Waals surface area (Å²) < 4.78 is 19.0. The van der Waals surface area contributed by atoms with Crippen molar-refractivity contribution in [2.24, 2.45) is 0 Å². The highest BCUT2D eigenvalue weighted by atomic mass is 35.5. The van der Waals surface area contributed by atoms with Crippen LogP contribution in [0.25, 0.3) is 0 Å². The van der Waals surface area contributed by atoms with Crippen LogP contribution in [-0.4, -0.2) is 23.7 Å². The maximum atomic E-state index is 13.5. The summed E-state index contributed by atoms with van der Waals surface area (Å²) in [6.07, 6.45) is -1.93.